The lowest BCUT2D eigenvalue weighted by molar-refractivity contribution is -0.137. The van der Waals surface area contributed by atoms with E-state index in [1.54, 1.807) is 0 Å². The predicted molar refractivity (Wildman–Crippen MR) is 73.2 cm³/mol. The molecule has 0 aliphatic carbocycles. The summed E-state index contributed by atoms with van der Waals surface area (Å²) in [4.78, 5) is 14.5. The van der Waals surface area contributed by atoms with Crippen LogP contribution in [0.25, 0.3) is 0 Å². The largest absolute Gasteiger partial charge is 0.338 e. The Morgan fingerprint density at radius 1 is 1.33 bits per heavy atom. The average molecular weight is 253 g/mol. The maximum absolute atomic E-state index is 12.4. The normalized spacial score (nSPS) is 30.4. The van der Waals surface area contributed by atoms with E-state index in [-0.39, 0.29) is 6.04 Å². The number of nitrogens with two attached hydrogens (primary N) is 1. The molecule has 2 saturated heterocycles. The number of hydrogen-bond acceptors (Lipinski definition) is 3. The van der Waals surface area contributed by atoms with Gasteiger partial charge in [-0.2, -0.15) is 0 Å². The zero-order valence-electron chi connectivity index (χ0n) is 11.5. The zero-order chi connectivity index (χ0) is 13.0. The minimum absolute atomic E-state index is 0.271. The summed E-state index contributed by atoms with van der Waals surface area (Å²) >= 11 is 0. The molecule has 18 heavy (non-hydrogen) atoms. The summed E-state index contributed by atoms with van der Waals surface area (Å²) in [5, 5.41) is 3.35. The van der Waals surface area contributed by atoms with Gasteiger partial charge in [0.1, 0.15) is 0 Å². The Hall–Kier alpha value is -0.610. The van der Waals surface area contributed by atoms with Gasteiger partial charge in [-0.25, -0.2) is 0 Å². The van der Waals surface area contributed by atoms with Crippen molar-refractivity contribution in [3.05, 3.63) is 0 Å². The molecule has 2 aliphatic rings. The van der Waals surface area contributed by atoms with Crippen LogP contribution in [0.3, 0.4) is 0 Å². The Bertz CT molecular complexity index is 276. The van der Waals surface area contributed by atoms with E-state index in [9.17, 15) is 4.79 Å². The molecule has 0 bridgehead atoms. The van der Waals surface area contributed by atoms with Crippen molar-refractivity contribution in [3.8, 4) is 0 Å². The summed E-state index contributed by atoms with van der Waals surface area (Å²) < 4.78 is 0. The molecule has 0 aromatic carbocycles. The molecule has 1 amide bonds. The summed E-state index contributed by atoms with van der Waals surface area (Å²) in [6, 6.07) is 0.271. The fourth-order valence-electron chi connectivity index (χ4n) is 3.37. The molecule has 2 heterocycles. The van der Waals surface area contributed by atoms with E-state index in [0.717, 1.165) is 45.3 Å². The molecule has 2 fully saturated rings. The first-order valence-electron chi connectivity index (χ1n) is 7.42. The van der Waals surface area contributed by atoms with Crippen LogP contribution in [0.4, 0.5) is 0 Å². The van der Waals surface area contributed by atoms with Crippen molar-refractivity contribution in [1.82, 2.24) is 10.2 Å². The van der Waals surface area contributed by atoms with E-state index in [4.69, 9.17) is 5.73 Å². The van der Waals surface area contributed by atoms with Gasteiger partial charge in [-0.1, -0.05) is 6.92 Å². The maximum atomic E-state index is 12.4. The molecule has 0 aromatic rings. The molecule has 0 saturated carbocycles. The highest BCUT2D eigenvalue weighted by Crippen LogP contribution is 2.25. The van der Waals surface area contributed by atoms with E-state index in [1.807, 2.05) is 0 Å². The Balaban J connectivity index is 1.89. The first-order valence-corrected chi connectivity index (χ1v) is 7.42. The van der Waals surface area contributed by atoms with Crippen molar-refractivity contribution < 1.29 is 4.79 Å². The summed E-state index contributed by atoms with van der Waals surface area (Å²) in [7, 11) is 0. The highest BCUT2D eigenvalue weighted by Gasteiger charge is 2.31. The number of rotatable bonds is 3. The quantitative estimate of drug-likeness (QED) is 0.788. The van der Waals surface area contributed by atoms with Crippen LogP contribution in [0.1, 0.15) is 39.0 Å². The molecular formula is C14H27N3O. The number of nitrogens with one attached hydrogen (secondary N) is 1. The topological polar surface area (TPSA) is 58.4 Å². The number of carbonyl (C=O) groups excluding carboxylic acids is 1. The molecule has 4 heteroatoms. The van der Waals surface area contributed by atoms with Crippen LogP contribution in [0, 0.1) is 11.8 Å². The lowest BCUT2D eigenvalue weighted by Gasteiger charge is -2.40. The van der Waals surface area contributed by atoms with Gasteiger partial charge >= 0.3 is 0 Å². The Kier molecular flexibility index (Phi) is 5.01. The molecule has 2 aliphatic heterocycles. The van der Waals surface area contributed by atoms with Crippen molar-refractivity contribution >= 4 is 5.91 Å². The van der Waals surface area contributed by atoms with Crippen LogP contribution < -0.4 is 11.1 Å². The number of likely N-dealkylation sites (tertiary alicyclic amines) is 1. The fourth-order valence-corrected chi connectivity index (χ4v) is 3.37. The summed E-state index contributed by atoms with van der Waals surface area (Å²) in [5.74, 6) is 1.47. The zero-order valence-corrected chi connectivity index (χ0v) is 11.5. The fraction of sp³-hybridized carbons (Fsp3) is 0.929. The number of nitrogens with zero attached hydrogens (tertiary/aromatic N) is 1. The molecule has 0 spiro atoms. The van der Waals surface area contributed by atoms with E-state index in [1.165, 1.54) is 6.42 Å². The highest BCUT2D eigenvalue weighted by molar-refractivity contribution is 5.77. The second-order valence-electron chi connectivity index (χ2n) is 5.91. The van der Waals surface area contributed by atoms with Crippen LogP contribution in [0.2, 0.25) is 0 Å². The second-order valence-corrected chi connectivity index (χ2v) is 5.91. The molecular weight excluding hydrogens is 226 g/mol. The van der Waals surface area contributed by atoms with Crippen molar-refractivity contribution in [2.75, 3.05) is 26.2 Å². The van der Waals surface area contributed by atoms with Crippen LogP contribution in [0.15, 0.2) is 0 Å². The molecule has 104 valence electrons. The first-order chi connectivity index (χ1) is 8.72. The van der Waals surface area contributed by atoms with E-state index < -0.39 is 0 Å². The minimum atomic E-state index is 0.271. The Labute approximate surface area is 110 Å². The van der Waals surface area contributed by atoms with Gasteiger partial charge in [0, 0.05) is 25.6 Å². The first kappa shape index (κ1) is 13.8. The third kappa shape index (κ3) is 3.23. The molecule has 4 nitrogen and oxygen atoms in total. The monoisotopic (exact) mass is 253 g/mol. The third-order valence-electron chi connectivity index (χ3n) is 4.60. The van der Waals surface area contributed by atoms with Gasteiger partial charge in [-0.15, -0.1) is 0 Å². The smallest absolute Gasteiger partial charge is 0.223 e. The van der Waals surface area contributed by atoms with Crippen molar-refractivity contribution in [2.45, 2.75) is 45.1 Å². The second kappa shape index (κ2) is 6.53. The van der Waals surface area contributed by atoms with Gasteiger partial charge < -0.3 is 16.0 Å². The van der Waals surface area contributed by atoms with E-state index in [0.29, 0.717) is 24.3 Å². The van der Waals surface area contributed by atoms with Crippen LogP contribution in [0.5, 0.6) is 0 Å². The SMILES string of the molecule is C[C@@H]1CCCN(C(=O)CC2CCNCC2)[C@@H]1CN. The standard InChI is InChI=1S/C14H27N3O/c1-11-3-2-8-17(13(11)10-15)14(18)9-12-4-6-16-7-5-12/h11-13,16H,2-10,15H2,1H3/t11-,13-/m1/s1. The van der Waals surface area contributed by atoms with Gasteiger partial charge in [0.25, 0.3) is 0 Å². The lowest BCUT2D eigenvalue weighted by atomic mass is 9.88. The van der Waals surface area contributed by atoms with Gasteiger partial charge in [0.2, 0.25) is 5.91 Å². The molecule has 0 aromatic heterocycles. The van der Waals surface area contributed by atoms with Crippen molar-refractivity contribution in [3.63, 3.8) is 0 Å². The average Bonchev–Trinajstić information content (AvgIpc) is 2.39. The van der Waals surface area contributed by atoms with Crippen LogP contribution >= 0.6 is 0 Å². The maximum Gasteiger partial charge on any atom is 0.223 e. The highest BCUT2D eigenvalue weighted by atomic mass is 16.2. The Morgan fingerprint density at radius 3 is 2.72 bits per heavy atom. The van der Waals surface area contributed by atoms with Gasteiger partial charge in [0.05, 0.1) is 0 Å². The molecule has 3 N–H and O–H groups in total. The van der Waals surface area contributed by atoms with Gasteiger partial charge in [0.15, 0.2) is 0 Å². The Morgan fingerprint density at radius 2 is 2.06 bits per heavy atom. The van der Waals surface area contributed by atoms with E-state index >= 15 is 0 Å². The predicted octanol–water partition coefficient (Wildman–Crippen LogP) is 0.962. The third-order valence-corrected chi connectivity index (χ3v) is 4.60. The van der Waals surface area contributed by atoms with Crippen LogP contribution in [-0.4, -0.2) is 43.0 Å². The summed E-state index contributed by atoms with van der Waals surface area (Å²) in [6.45, 7) is 5.87. The van der Waals surface area contributed by atoms with Gasteiger partial charge in [-0.05, 0) is 50.6 Å². The lowest BCUT2D eigenvalue weighted by Crippen LogP contribution is -2.51. The summed E-state index contributed by atoms with van der Waals surface area (Å²) in [5.41, 5.74) is 5.85. The van der Waals surface area contributed by atoms with Gasteiger partial charge in [-0.3, -0.25) is 4.79 Å². The summed E-state index contributed by atoms with van der Waals surface area (Å²) in [6.07, 6.45) is 5.35. The molecule has 2 rings (SSSR count). The van der Waals surface area contributed by atoms with Crippen molar-refractivity contribution in [2.24, 2.45) is 17.6 Å². The van der Waals surface area contributed by atoms with Crippen LogP contribution in [-0.2, 0) is 4.79 Å². The molecule has 0 radical (unpaired) electrons. The van der Waals surface area contributed by atoms with Crippen molar-refractivity contribution in [1.29, 1.82) is 0 Å². The number of piperidine rings is 2. The minimum Gasteiger partial charge on any atom is -0.338 e. The van der Waals surface area contributed by atoms with E-state index in [2.05, 4.69) is 17.1 Å². The number of amides is 1. The number of carbonyl (C=O) groups is 1. The molecule has 0 unspecified atom stereocenters. The molecule has 2 atom stereocenters. The number of hydrogen-bond donors (Lipinski definition) is 2.